The van der Waals surface area contributed by atoms with Crippen molar-refractivity contribution in [3.63, 3.8) is 0 Å². The third-order valence-corrected chi connectivity index (χ3v) is 6.53. The number of urea groups is 1. The number of sulfone groups is 1. The van der Waals surface area contributed by atoms with Gasteiger partial charge in [0.2, 0.25) is 5.91 Å². The molecule has 0 saturated carbocycles. The van der Waals surface area contributed by atoms with Gasteiger partial charge in [0.05, 0.1) is 23.6 Å². The number of fused-ring (bicyclic) bond motifs is 1. The molecule has 0 aromatic carbocycles. The van der Waals surface area contributed by atoms with Crippen LogP contribution in [0.25, 0.3) is 0 Å². The molecule has 0 bridgehead atoms. The second-order valence-corrected chi connectivity index (χ2v) is 8.99. The van der Waals surface area contributed by atoms with E-state index in [0.717, 1.165) is 0 Å². The number of amides is 3. The van der Waals surface area contributed by atoms with Crippen LogP contribution < -0.4 is 5.56 Å². The lowest BCUT2D eigenvalue weighted by atomic mass is 10.0. The van der Waals surface area contributed by atoms with E-state index in [1.54, 1.807) is 26.2 Å². The van der Waals surface area contributed by atoms with Crippen LogP contribution in [0.15, 0.2) is 29.2 Å². The maximum absolute atomic E-state index is 12.7. The molecule has 10 heteroatoms. The van der Waals surface area contributed by atoms with Crippen molar-refractivity contribution in [2.75, 3.05) is 38.7 Å². The summed E-state index contributed by atoms with van der Waals surface area (Å²) in [7, 11) is -0.121. The van der Waals surface area contributed by atoms with Crippen LogP contribution in [0.5, 0.6) is 0 Å². The molecule has 3 heterocycles. The van der Waals surface area contributed by atoms with Gasteiger partial charge in [-0.2, -0.15) is 0 Å². The van der Waals surface area contributed by atoms with Crippen LogP contribution >= 0.6 is 0 Å². The molecule has 3 rings (SSSR count). The standard InChI is InChI=1S/C16H22N4O5S/c1-17(2)16(23)20-8-7-19(12-10-26(24,25)11-13(12)20)15(22)9-18-6-4-3-5-14(18)21/h3-6,12-13H,7-11H2,1-2H3/t12-,13+/m1/s1. The van der Waals surface area contributed by atoms with Gasteiger partial charge in [-0.15, -0.1) is 0 Å². The lowest BCUT2D eigenvalue weighted by Gasteiger charge is -2.44. The van der Waals surface area contributed by atoms with Crippen LogP contribution in [0.1, 0.15) is 0 Å². The number of carbonyl (C=O) groups is 2. The minimum Gasteiger partial charge on any atom is -0.333 e. The van der Waals surface area contributed by atoms with Crippen molar-refractivity contribution in [2.24, 2.45) is 0 Å². The molecule has 2 aliphatic rings. The Morgan fingerprint density at radius 2 is 1.73 bits per heavy atom. The van der Waals surface area contributed by atoms with E-state index in [2.05, 4.69) is 0 Å². The Bertz CT molecular complexity index is 879. The van der Waals surface area contributed by atoms with Crippen LogP contribution in [0, 0.1) is 0 Å². The van der Waals surface area contributed by atoms with Gasteiger partial charge in [0.25, 0.3) is 5.56 Å². The highest BCUT2D eigenvalue weighted by atomic mass is 32.2. The Balaban J connectivity index is 1.84. The third kappa shape index (κ3) is 3.46. The Labute approximate surface area is 151 Å². The number of hydrogen-bond donors (Lipinski definition) is 0. The second-order valence-electron chi connectivity index (χ2n) is 6.84. The molecule has 0 unspecified atom stereocenters. The number of piperazine rings is 1. The predicted molar refractivity (Wildman–Crippen MR) is 94.4 cm³/mol. The van der Waals surface area contributed by atoms with Gasteiger partial charge < -0.3 is 19.3 Å². The molecular weight excluding hydrogens is 360 g/mol. The van der Waals surface area contributed by atoms with E-state index in [1.165, 1.54) is 31.5 Å². The Morgan fingerprint density at radius 3 is 2.35 bits per heavy atom. The SMILES string of the molecule is CN(C)C(=O)N1CCN(C(=O)Cn2ccccc2=O)[C@@H]2CS(=O)(=O)C[C@@H]21. The summed E-state index contributed by atoms with van der Waals surface area (Å²) >= 11 is 0. The average Bonchev–Trinajstić information content (AvgIpc) is 2.89. The molecule has 26 heavy (non-hydrogen) atoms. The largest absolute Gasteiger partial charge is 0.333 e. The van der Waals surface area contributed by atoms with E-state index in [-0.39, 0.29) is 48.6 Å². The first-order valence-corrected chi connectivity index (χ1v) is 10.1. The Morgan fingerprint density at radius 1 is 1.12 bits per heavy atom. The van der Waals surface area contributed by atoms with Gasteiger partial charge in [0.15, 0.2) is 9.84 Å². The number of hydrogen-bond acceptors (Lipinski definition) is 5. The molecular formula is C16H22N4O5S. The van der Waals surface area contributed by atoms with E-state index in [0.29, 0.717) is 0 Å². The highest BCUT2D eigenvalue weighted by Crippen LogP contribution is 2.27. The lowest BCUT2D eigenvalue weighted by molar-refractivity contribution is -0.137. The molecule has 1 aromatic heterocycles. The van der Waals surface area contributed by atoms with Crippen molar-refractivity contribution in [2.45, 2.75) is 18.6 Å². The monoisotopic (exact) mass is 382 g/mol. The van der Waals surface area contributed by atoms with E-state index in [9.17, 15) is 22.8 Å². The summed E-state index contributed by atoms with van der Waals surface area (Å²) in [5.41, 5.74) is -0.294. The van der Waals surface area contributed by atoms with Crippen molar-refractivity contribution in [1.82, 2.24) is 19.3 Å². The second kappa shape index (κ2) is 6.75. The third-order valence-electron chi connectivity index (χ3n) is 4.83. The fourth-order valence-electron chi connectivity index (χ4n) is 3.58. The van der Waals surface area contributed by atoms with Gasteiger partial charge in [-0.3, -0.25) is 9.59 Å². The summed E-state index contributed by atoms with van der Waals surface area (Å²) < 4.78 is 25.6. The van der Waals surface area contributed by atoms with Gasteiger partial charge in [-0.1, -0.05) is 6.07 Å². The Kier molecular flexibility index (Phi) is 4.78. The van der Waals surface area contributed by atoms with Crippen molar-refractivity contribution >= 4 is 21.8 Å². The smallest absolute Gasteiger partial charge is 0.319 e. The van der Waals surface area contributed by atoms with Crippen LogP contribution in [-0.2, 0) is 21.2 Å². The summed E-state index contributed by atoms with van der Waals surface area (Å²) in [4.78, 5) is 41.4. The summed E-state index contributed by atoms with van der Waals surface area (Å²) in [6.07, 6.45) is 1.52. The summed E-state index contributed by atoms with van der Waals surface area (Å²) in [6, 6.07) is 3.22. The molecule has 0 radical (unpaired) electrons. The number of rotatable bonds is 2. The van der Waals surface area contributed by atoms with E-state index >= 15 is 0 Å². The average molecular weight is 382 g/mol. The van der Waals surface area contributed by atoms with Crippen molar-refractivity contribution < 1.29 is 18.0 Å². The highest BCUT2D eigenvalue weighted by Gasteiger charge is 2.49. The van der Waals surface area contributed by atoms with Gasteiger partial charge in [-0.25, -0.2) is 13.2 Å². The zero-order chi connectivity index (χ0) is 19.1. The fraction of sp³-hybridized carbons (Fsp3) is 0.562. The summed E-state index contributed by atoms with van der Waals surface area (Å²) in [5, 5.41) is 0. The number of aromatic nitrogens is 1. The van der Waals surface area contributed by atoms with Crippen LogP contribution in [0.2, 0.25) is 0 Å². The fourth-order valence-corrected chi connectivity index (χ4v) is 5.57. The molecule has 2 saturated heterocycles. The topological polar surface area (TPSA) is 100 Å². The molecule has 2 fully saturated rings. The van der Waals surface area contributed by atoms with Gasteiger partial charge in [-0.05, 0) is 6.07 Å². The summed E-state index contributed by atoms with van der Waals surface area (Å²) in [5.74, 6) is -0.626. The molecule has 3 amide bonds. The number of carbonyl (C=O) groups excluding carboxylic acids is 2. The van der Waals surface area contributed by atoms with Crippen LogP contribution in [0.4, 0.5) is 4.79 Å². The van der Waals surface area contributed by atoms with Crippen molar-refractivity contribution in [1.29, 1.82) is 0 Å². The number of pyridine rings is 1. The minimum atomic E-state index is -3.34. The molecule has 0 N–H and O–H groups in total. The maximum Gasteiger partial charge on any atom is 0.319 e. The number of nitrogens with zero attached hydrogens (tertiary/aromatic N) is 4. The van der Waals surface area contributed by atoms with Crippen molar-refractivity contribution in [3.05, 3.63) is 34.7 Å². The normalized spacial score (nSPS) is 24.2. The van der Waals surface area contributed by atoms with Crippen LogP contribution in [0.3, 0.4) is 0 Å². The molecule has 0 aliphatic carbocycles. The zero-order valence-corrected chi connectivity index (χ0v) is 15.6. The predicted octanol–water partition coefficient (Wildman–Crippen LogP) is -1.16. The first-order valence-electron chi connectivity index (χ1n) is 8.33. The minimum absolute atomic E-state index is 0.147. The first-order chi connectivity index (χ1) is 12.2. The first kappa shape index (κ1) is 18.4. The molecule has 0 spiro atoms. The molecule has 9 nitrogen and oxygen atoms in total. The van der Waals surface area contributed by atoms with Gasteiger partial charge in [0, 0.05) is 39.4 Å². The van der Waals surface area contributed by atoms with E-state index in [1.807, 2.05) is 0 Å². The molecule has 142 valence electrons. The zero-order valence-electron chi connectivity index (χ0n) is 14.7. The van der Waals surface area contributed by atoms with Crippen molar-refractivity contribution in [3.8, 4) is 0 Å². The van der Waals surface area contributed by atoms with Gasteiger partial charge in [0.1, 0.15) is 6.54 Å². The quantitative estimate of drug-likeness (QED) is 0.642. The summed E-state index contributed by atoms with van der Waals surface area (Å²) in [6.45, 7) is 0.365. The van der Waals surface area contributed by atoms with E-state index in [4.69, 9.17) is 0 Å². The highest BCUT2D eigenvalue weighted by molar-refractivity contribution is 7.91. The molecule has 1 aromatic rings. The Hall–Kier alpha value is -2.36. The van der Waals surface area contributed by atoms with Crippen LogP contribution in [-0.4, -0.2) is 90.4 Å². The molecule has 2 atom stereocenters. The maximum atomic E-state index is 12.7. The molecule has 2 aliphatic heterocycles. The lowest BCUT2D eigenvalue weighted by Crippen LogP contribution is -2.63. The van der Waals surface area contributed by atoms with Gasteiger partial charge >= 0.3 is 6.03 Å². The van der Waals surface area contributed by atoms with E-state index < -0.39 is 21.9 Å².